The molecule has 2 heterocycles. The Balaban J connectivity index is 1.54. The van der Waals surface area contributed by atoms with Crippen LogP contribution >= 0.6 is 15.9 Å². The van der Waals surface area contributed by atoms with E-state index in [9.17, 15) is 4.79 Å². The third kappa shape index (κ3) is 3.51. The lowest BCUT2D eigenvalue weighted by molar-refractivity contribution is 0.170. The summed E-state index contributed by atoms with van der Waals surface area (Å²) < 4.78 is 11.9. The number of halogens is 1. The Labute approximate surface area is 135 Å². The Bertz CT molecular complexity index is 660. The van der Waals surface area contributed by atoms with Crippen LogP contribution in [-0.4, -0.2) is 29.4 Å². The second-order valence-corrected chi connectivity index (χ2v) is 5.57. The maximum absolute atomic E-state index is 11.8. The maximum atomic E-state index is 11.8. The van der Waals surface area contributed by atoms with E-state index in [1.807, 2.05) is 12.1 Å². The summed E-state index contributed by atoms with van der Waals surface area (Å²) in [7, 11) is 0. The van der Waals surface area contributed by atoms with E-state index in [1.165, 1.54) is 0 Å². The fourth-order valence-electron chi connectivity index (χ4n) is 2.07. The van der Waals surface area contributed by atoms with Gasteiger partial charge in [0.15, 0.2) is 11.5 Å². The third-order valence-electron chi connectivity index (χ3n) is 3.11. The van der Waals surface area contributed by atoms with Crippen molar-refractivity contribution in [3.8, 4) is 11.5 Å². The smallest absolute Gasteiger partial charge is 0.315 e. The van der Waals surface area contributed by atoms with Crippen molar-refractivity contribution in [3.63, 3.8) is 0 Å². The largest absolute Gasteiger partial charge is 0.486 e. The minimum atomic E-state index is -0.249. The average molecular weight is 367 g/mol. The number of carbonyl (C=O) groups excluding carboxylic acids is 1. The third-order valence-corrected chi connectivity index (χ3v) is 3.70. The Morgan fingerprint density at radius 1 is 1.27 bits per heavy atom. The van der Waals surface area contributed by atoms with Gasteiger partial charge in [-0.1, -0.05) is 0 Å². The van der Waals surface area contributed by atoms with Gasteiger partial charge in [-0.3, -0.25) is 5.10 Å². The Morgan fingerprint density at radius 2 is 2.09 bits per heavy atom. The number of carbonyl (C=O) groups is 1. The number of ether oxygens (including phenoxy) is 2. The van der Waals surface area contributed by atoms with Gasteiger partial charge in [-0.2, -0.15) is 5.10 Å². The normalized spacial score (nSPS) is 12.8. The van der Waals surface area contributed by atoms with Crippen molar-refractivity contribution in [3.05, 3.63) is 40.1 Å². The summed E-state index contributed by atoms with van der Waals surface area (Å²) in [4.78, 5) is 11.8. The molecule has 0 spiro atoms. The number of amides is 2. The van der Waals surface area contributed by atoms with Crippen molar-refractivity contribution in [1.29, 1.82) is 0 Å². The number of fused-ring (bicyclic) bond motifs is 1. The first-order valence-electron chi connectivity index (χ1n) is 6.80. The van der Waals surface area contributed by atoms with Gasteiger partial charge in [0.2, 0.25) is 0 Å². The molecular formula is C14H15BrN4O3. The van der Waals surface area contributed by atoms with Gasteiger partial charge in [0.05, 0.1) is 16.7 Å². The van der Waals surface area contributed by atoms with Gasteiger partial charge < -0.3 is 20.1 Å². The molecule has 0 radical (unpaired) electrons. The van der Waals surface area contributed by atoms with Crippen LogP contribution in [0, 0.1) is 0 Å². The highest BCUT2D eigenvalue weighted by Gasteiger charge is 2.16. The Hall–Kier alpha value is -2.22. The number of aromatic amines is 1. The molecule has 22 heavy (non-hydrogen) atoms. The summed E-state index contributed by atoms with van der Waals surface area (Å²) in [6.07, 6.45) is 1.64. The molecule has 0 saturated heterocycles. The zero-order valence-electron chi connectivity index (χ0n) is 11.7. The Morgan fingerprint density at radius 3 is 2.91 bits per heavy atom. The highest BCUT2D eigenvalue weighted by molar-refractivity contribution is 9.10. The highest BCUT2D eigenvalue weighted by atomic mass is 79.9. The molecule has 3 rings (SSSR count). The van der Waals surface area contributed by atoms with Gasteiger partial charge in [0, 0.05) is 12.7 Å². The molecule has 0 aliphatic carbocycles. The first kappa shape index (κ1) is 14.7. The van der Waals surface area contributed by atoms with E-state index >= 15 is 0 Å². The molecule has 2 amide bonds. The molecule has 2 aromatic rings. The molecule has 0 saturated carbocycles. The molecule has 1 aliphatic rings. The second-order valence-electron chi connectivity index (χ2n) is 4.72. The lowest BCUT2D eigenvalue weighted by Gasteiger charge is -2.20. The molecule has 0 bridgehead atoms. The maximum Gasteiger partial charge on any atom is 0.315 e. The van der Waals surface area contributed by atoms with E-state index in [0.29, 0.717) is 37.8 Å². The summed E-state index contributed by atoms with van der Waals surface area (Å²) >= 11 is 3.45. The SMILES string of the molecule is O=C(NCc1cc(Br)c2c(c1)OCCO2)NCc1ccn[nH]1. The first-order valence-corrected chi connectivity index (χ1v) is 7.59. The van der Waals surface area contributed by atoms with E-state index in [2.05, 4.69) is 36.8 Å². The van der Waals surface area contributed by atoms with Gasteiger partial charge in [0.25, 0.3) is 0 Å². The van der Waals surface area contributed by atoms with Crippen LogP contribution < -0.4 is 20.1 Å². The number of hydrogen-bond acceptors (Lipinski definition) is 4. The van der Waals surface area contributed by atoms with Crippen LogP contribution in [0.1, 0.15) is 11.3 Å². The predicted octanol–water partition coefficient (Wildman–Crippen LogP) is 1.94. The number of H-pyrrole nitrogens is 1. The van der Waals surface area contributed by atoms with Crippen LogP contribution in [0.4, 0.5) is 4.79 Å². The van der Waals surface area contributed by atoms with E-state index in [-0.39, 0.29) is 6.03 Å². The fourth-order valence-corrected chi connectivity index (χ4v) is 2.67. The zero-order chi connectivity index (χ0) is 15.4. The quantitative estimate of drug-likeness (QED) is 0.771. The standard InChI is InChI=1S/C14H15BrN4O3/c15-11-5-9(6-12-13(11)22-4-3-21-12)7-16-14(20)17-8-10-1-2-18-19-10/h1-2,5-6H,3-4,7-8H2,(H,18,19)(H2,16,17,20). The molecule has 0 fully saturated rings. The van der Waals surface area contributed by atoms with Crippen molar-refractivity contribution in [2.75, 3.05) is 13.2 Å². The van der Waals surface area contributed by atoms with Crippen molar-refractivity contribution >= 4 is 22.0 Å². The molecular weight excluding hydrogens is 352 g/mol. The van der Waals surface area contributed by atoms with Gasteiger partial charge >= 0.3 is 6.03 Å². The number of urea groups is 1. The van der Waals surface area contributed by atoms with Gasteiger partial charge in [-0.15, -0.1) is 0 Å². The summed E-state index contributed by atoms with van der Waals surface area (Å²) in [6, 6.07) is 5.33. The van der Waals surface area contributed by atoms with E-state index in [4.69, 9.17) is 9.47 Å². The number of rotatable bonds is 4. The van der Waals surface area contributed by atoms with Crippen LogP contribution in [-0.2, 0) is 13.1 Å². The first-order chi connectivity index (χ1) is 10.7. The molecule has 0 unspecified atom stereocenters. The minimum absolute atomic E-state index is 0.249. The molecule has 116 valence electrons. The van der Waals surface area contributed by atoms with Crippen molar-refractivity contribution in [2.24, 2.45) is 0 Å². The molecule has 1 aromatic heterocycles. The molecule has 1 aliphatic heterocycles. The number of aromatic nitrogens is 2. The average Bonchev–Trinajstić information content (AvgIpc) is 3.04. The van der Waals surface area contributed by atoms with E-state index in [0.717, 1.165) is 15.7 Å². The molecule has 0 atom stereocenters. The van der Waals surface area contributed by atoms with Crippen LogP contribution in [0.25, 0.3) is 0 Å². The number of nitrogens with zero attached hydrogens (tertiary/aromatic N) is 1. The monoisotopic (exact) mass is 366 g/mol. The predicted molar refractivity (Wildman–Crippen MR) is 82.8 cm³/mol. The van der Waals surface area contributed by atoms with Crippen LogP contribution in [0.3, 0.4) is 0 Å². The van der Waals surface area contributed by atoms with E-state index in [1.54, 1.807) is 12.3 Å². The topological polar surface area (TPSA) is 88.3 Å². The summed E-state index contributed by atoms with van der Waals surface area (Å²) in [5.74, 6) is 1.40. The lowest BCUT2D eigenvalue weighted by atomic mass is 10.2. The van der Waals surface area contributed by atoms with Gasteiger partial charge in [-0.05, 0) is 39.7 Å². The number of nitrogens with one attached hydrogen (secondary N) is 3. The van der Waals surface area contributed by atoms with Crippen molar-refractivity contribution in [1.82, 2.24) is 20.8 Å². The van der Waals surface area contributed by atoms with Gasteiger partial charge in [0.1, 0.15) is 13.2 Å². The lowest BCUT2D eigenvalue weighted by Crippen LogP contribution is -2.34. The van der Waals surface area contributed by atoms with Crippen molar-refractivity contribution < 1.29 is 14.3 Å². The van der Waals surface area contributed by atoms with Crippen molar-refractivity contribution in [2.45, 2.75) is 13.1 Å². The summed E-state index contributed by atoms with van der Waals surface area (Å²) in [5, 5.41) is 12.1. The molecule has 3 N–H and O–H groups in total. The highest BCUT2D eigenvalue weighted by Crippen LogP contribution is 2.38. The zero-order valence-corrected chi connectivity index (χ0v) is 13.3. The van der Waals surface area contributed by atoms with Gasteiger partial charge in [-0.25, -0.2) is 4.79 Å². The summed E-state index contributed by atoms with van der Waals surface area (Å²) in [6.45, 7) is 1.86. The summed E-state index contributed by atoms with van der Waals surface area (Å²) in [5.41, 5.74) is 1.77. The number of hydrogen-bond donors (Lipinski definition) is 3. The fraction of sp³-hybridized carbons (Fsp3) is 0.286. The second kappa shape index (κ2) is 6.69. The molecule has 8 heteroatoms. The van der Waals surface area contributed by atoms with Crippen LogP contribution in [0.5, 0.6) is 11.5 Å². The van der Waals surface area contributed by atoms with Crippen LogP contribution in [0.15, 0.2) is 28.9 Å². The molecule has 7 nitrogen and oxygen atoms in total. The Kier molecular flexibility index (Phi) is 4.47. The minimum Gasteiger partial charge on any atom is -0.486 e. The van der Waals surface area contributed by atoms with Crippen LogP contribution in [0.2, 0.25) is 0 Å². The van der Waals surface area contributed by atoms with E-state index < -0.39 is 0 Å². The number of benzene rings is 1. The molecule has 1 aromatic carbocycles.